The molecule has 6 heteroatoms. The highest BCUT2D eigenvalue weighted by Crippen LogP contribution is 2.28. The largest absolute Gasteiger partial charge is 0.356 e. The van der Waals surface area contributed by atoms with Gasteiger partial charge in [-0.15, -0.1) is 30.4 Å². The van der Waals surface area contributed by atoms with E-state index in [0.29, 0.717) is 11.6 Å². The molecule has 1 aliphatic carbocycles. The molecule has 2 rings (SSSR count). The van der Waals surface area contributed by atoms with E-state index in [-0.39, 0.29) is 36.4 Å². The number of anilines is 1. The van der Waals surface area contributed by atoms with Crippen molar-refractivity contribution in [3.05, 3.63) is 29.8 Å². The predicted octanol–water partition coefficient (Wildman–Crippen LogP) is 3.36. The third-order valence-corrected chi connectivity index (χ3v) is 4.51. The van der Waals surface area contributed by atoms with Gasteiger partial charge < -0.3 is 16.0 Å². The first kappa shape index (κ1) is 22.3. The van der Waals surface area contributed by atoms with Crippen LogP contribution in [0.5, 0.6) is 0 Å². The van der Waals surface area contributed by atoms with Crippen LogP contribution in [0.3, 0.4) is 0 Å². The molecule has 0 saturated heterocycles. The molecule has 0 spiro atoms. The number of benzene rings is 1. The van der Waals surface area contributed by atoms with Crippen molar-refractivity contribution in [1.82, 2.24) is 10.6 Å². The molecule has 1 aromatic carbocycles. The summed E-state index contributed by atoms with van der Waals surface area (Å²) in [6, 6.07) is 7.23. The molecule has 0 aliphatic heterocycles. The van der Waals surface area contributed by atoms with Crippen LogP contribution in [0.15, 0.2) is 29.3 Å². The van der Waals surface area contributed by atoms with Crippen molar-refractivity contribution in [2.24, 2.45) is 10.9 Å². The van der Waals surface area contributed by atoms with E-state index in [0.717, 1.165) is 24.4 Å². The Morgan fingerprint density at radius 3 is 2.77 bits per heavy atom. The second-order valence-electron chi connectivity index (χ2n) is 6.42. The quantitative estimate of drug-likeness (QED) is 0.189. The number of aliphatic imine (C=N–C) groups is 1. The van der Waals surface area contributed by atoms with Gasteiger partial charge in [0.1, 0.15) is 0 Å². The molecule has 26 heavy (non-hydrogen) atoms. The smallest absolute Gasteiger partial charge is 0.243 e. The molecule has 0 unspecified atom stereocenters. The van der Waals surface area contributed by atoms with E-state index in [1.807, 2.05) is 18.2 Å². The Labute approximate surface area is 173 Å². The maximum Gasteiger partial charge on any atom is 0.243 e. The van der Waals surface area contributed by atoms with Crippen molar-refractivity contribution in [2.75, 3.05) is 25.5 Å². The number of nitrogens with zero attached hydrogens (tertiary/aromatic N) is 1. The summed E-state index contributed by atoms with van der Waals surface area (Å²) < 4.78 is 0. The Morgan fingerprint density at radius 1 is 1.31 bits per heavy atom. The number of halogens is 1. The maximum absolute atomic E-state index is 12.0. The van der Waals surface area contributed by atoms with E-state index in [9.17, 15) is 4.79 Å². The molecular formula is C20H29IN4O. The molecule has 0 atom stereocenters. The number of amides is 1. The number of rotatable bonds is 7. The van der Waals surface area contributed by atoms with E-state index in [4.69, 9.17) is 6.42 Å². The van der Waals surface area contributed by atoms with Gasteiger partial charge in [0.05, 0.1) is 6.54 Å². The van der Waals surface area contributed by atoms with E-state index in [2.05, 4.69) is 26.9 Å². The predicted molar refractivity (Wildman–Crippen MR) is 119 cm³/mol. The minimum absolute atomic E-state index is 0. The molecule has 3 N–H and O–H groups in total. The minimum atomic E-state index is -0.136. The van der Waals surface area contributed by atoms with Crippen LogP contribution >= 0.6 is 24.0 Å². The lowest BCUT2D eigenvalue weighted by Gasteiger charge is -2.13. The topological polar surface area (TPSA) is 65.5 Å². The van der Waals surface area contributed by atoms with Crippen molar-refractivity contribution in [2.45, 2.75) is 38.5 Å². The van der Waals surface area contributed by atoms with Crippen LogP contribution in [0.1, 0.15) is 44.1 Å². The first-order valence-corrected chi connectivity index (χ1v) is 9.02. The van der Waals surface area contributed by atoms with Gasteiger partial charge >= 0.3 is 0 Å². The average Bonchev–Trinajstić information content (AvgIpc) is 3.14. The summed E-state index contributed by atoms with van der Waals surface area (Å²) >= 11 is 0. The van der Waals surface area contributed by atoms with Gasteiger partial charge in [-0.2, -0.15) is 0 Å². The van der Waals surface area contributed by atoms with E-state index in [1.54, 1.807) is 13.1 Å². The standard InChI is InChI=1S/C20H28N4O.HI/c1-3-16-10-6-12-18(14-16)24-19(25)15-23-20(21-2)22-13-7-11-17-8-4-5-9-17;/h1,6,10,12,14,17H,4-5,7-9,11,13,15H2,2H3,(H,24,25)(H2,21,22,23);1H. The summed E-state index contributed by atoms with van der Waals surface area (Å²) in [6.45, 7) is 1.03. The number of hydrogen-bond acceptors (Lipinski definition) is 2. The van der Waals surface area contributed by atoms with Crippen LogP contribution in [0.4, 0.5) is 5.69 Å². The summed E-state index contributed by atoms with van der Waals surface area (Å²) in [6.07, 6.45) is 13.3. The van der Waals surface area contributed by atoms with Crippen molar-refractivity contribution in [3.8, 4) is 12.3 Å². The fraction of sp³-hybridized carbons (Fsp3) is 0.500. The fourth-order valence-corrected chi connectivity index (χ4v) is 3.17. The summed E-state index contributed by atoms with van der Waals surface area (Å²) in [5.74, 6) is 3.97. The lowest BCUT2D eigenvalue weighted by molar-refractivity contribution is -0.115. The molecule has 0 radical (unpaired) electrons. The van der Waals surface area contributed by atoms with Crippen LogP contribution in [-0.2, 0) is 4.79 Å². The highest BCUT2D eigenvalue weighted by Gasteiger charge is 2.14. The van der Waals surface area contributed by atoms with Gasteiger partial charge in [0.25, 0.3) is 0 Å². The van der Waals surface area contributed by atoms with Crippen molar-refractivity contribution in [3.63, 3.8) is 0 Å². The Morgan fingerprint density at radius 2 is 2.08 bits per heavy atom. The summed E-state index contributed by atoms with van der Waals surface area (Å²) in [5.41, 5.74) is 1.44. The Bertz CT molecular complexity index is 633. The van der Waals surface area contributed by atoms with Gasteiger partial charge in [0.15, 0.2) is 5.96 Å². The molecule has 0 bridgehead atoms. The van der Waals surface area contributed by atoms with Crippen LogP contribution in [0.2, 0.25) is 0 Å². The summed E-state index contributed by atoms with van der Waals surface area (Å²) in [7, 11) is 1.71. The molecule has 5 nitrogen and oxygen atoms in total. The zero-order valence-electron chi connectivity index (χ0n) is 15.4. The van der Waals surface area contributed by atoms with Crippen LogP contribution < -0.4 is 16.0 Å². The zero-order chi connectivity index (χ0) is 17.9. The third-order valence-electron chi connectivity index (χ3n) is 4.51. The molecule has 1 fully saturated rings. The third kappa shape index (κ3) is 8.09. The Kier molecular flexibility index (Phi) is 10.8. The molecular weight excluding hydrogens is 439 g/mol. The number of carbonyl (C=O) groups is 1. The Balaban J connectivity index is 0.00000338. The van der Waals surface area contributed by atoms with Gasteiger partial charge in [-0.05, 0) is 37.0 Å². The zero-order valence-corrected chi connectivity index (χ0v) is 17.7. The van der Waals surface area contributed by atoms with Gasteiger partial charge in [0, 0.05) is 24.8 Å². The minimum Gasteiger partial charge on any atom is -0.356 e. The van der Waals surface area contributed by atoms with E-state index >= 15 is 0 Å². The van der Waals surface area contributed by atoms with E-state index < -0.39 is 0 Å². The highest BCUT2D eigenvalue weighted by atomic mass is 127. The molecule has 142 valence electrons. The number of carbonyl (C=O) groups excluding carboxylic acids is 1. The number of hydrogen-bond donors (Lipinski definition) is 3. The lowest BCUT2D eigenvalue weighted by Crippen LogP contribution is -2.41. The molecule has 1 amide bonds. The van der Waals surface area contributed by atoms with Crippen molar-refractivity contribution >= 4 is 41.5 Å². The van der Waals surface area contributed by atoms with Gasteiger partial charge in [-0.1, -0.05) is 37.7 Å². The van der Waals surface area contributed by atoms with Gasteiger partial charge in [0.2, 0.25) is 5.91 Å². The fourth-order valence-electron chi connectivity index (χ4n) is 3.17. The second-order valence-corrected chi connectivity index (χ2v) is 6.42. The number of nitrogens with one attached hydrogen (secondary N) is 3. The van der Waals surface area contributed by atoms with E-state index in [1.165, 1.54) is 32.1 Å². The summed E-state index contributed by atoms with van der Waals surface area (Å²) in [5, 5.41) is 9.12. The van der Waals surface area contributed by atoms with Gasteiger partial charge in [-0.3, -0.25) is 9.79 Å². The Hall–Kier alpha value is -1.75. The summed E-state index contributed by atoms with van der Waals surface area (Å²) in [4.78, 5) is 16.2. The lowest BCUT2D eigenvalue weighted by atomic mass is 10.0. The molecule has 1 saturated carbocycles. The monoisotopic (exact) mass is 468 g/mol. The van der Waals surface area contributed by atoms with Crippen molar-refractivity contribution in [1.29, 1.82) is 0 Å². The first-order chi connectivity index (χ1) is 12.2. The molecule has 0 heterocycles. The number of guanidine groups is 1. The highest BCUT2D eigenvalue weighted by molar-refractivity contribution is 14.0. The van der Waals surface area contributed by atoms with Gasteiger partial charge in [-0.25, -0.2) is 0 Å². The van der Waals surface area contributed by atoms with Crippen molar-refractivity contribution < 1.29 is 4.79 Å². The molecule has 1 aromatic rings. The maximum atomic E-state index is 12.0. The normalized spacial score (nSPS) is 14.2. The molecule has 1 aliphatic rings. The first-order valence-electron chi connectivity index (χ1n) is 9.02. The molecule has 0 aromatic heterocycles. The second kappa shape index (κ2) is 12.6. The van der Waals surface area contributed by atoms with Crippen LogP contribution in [0, 0.1) is 18.3 Å². The van der Waals surface area contributed by atoms with Crippen LogP contribution in [0.25, 0.3) is 0 Å². The SMILES string of the molecule is C#Cc1cccc(NC(=O)CNC(=NC)NCCCC2CCCC2)c1.I. The van der Waals surface area contributed by atoms with Crippen LogP contribution in [-0.4, -0.2) is 32.0 Å². The average molecular weight is 468 g/mol. The number of terminal acetylenes is 1.